The van der Waals surface area contributed by atoms with Gasteiger partial charge >= 0.3 is 0 Å². The fourth-order valence-electron chi connectivity index (χ4n) is 1.38. The van der Waals surface area contributed by atoms with Gasteiger partial charge in [0.2, 0.25) is 0 Å². The summed E-state index contributed by atoms with van der Waals surface area (Å²) in [6.07, 6.45) is 8.00. The first-order valence-corrected chi connectivity index (χ1v) is 4.25. The Kier molecular flexibility index (Phi) is 1.65. The maximum Gasteiger partial charge on any atom is 0.0300 e. The van der Waals surface area contributed by atoms with Crippen LogP contribution in [0, 0.1) is 12.8 Å². The summed E-state index contributed by atoms with van der Waals surface area (Å²) in [6.45, 7) is 2.10. The molecule has 0 aromatic carbocycles. The number of aromatic nitrogens is 1. The normalized spacial score (nSPS) is 16.8. The zero-order chi connectivity index (χ0) is 7.68. The van der Waals surface area contributed by atoms with Gasteiger partial charge in [-0.2, -0.15) is 0 Å². The summed E-state index contributed by atoms with van der Waals surface area (Å²) in [5.41, 5.74) is 2.69. The summed E-state index contributed by atoms with van der Waals surface area (Å²) in [4.78, 5) is 4.17. The highest BCUT2D eigenvalue weighted by molar-refractivity contribution is 5.17. The summed E-state index contributed by atoms with van der Waals surface area (Å²) in [7, 11) is 0. The molecule has 0 saturated heterocycles. The van der Waals surface area contributed by atoms with E-state index in [4.69, 9.17) is 0 Å². The van der Waals surface area contributed by atoms with E-state index >= 15 is 0 Å². The standard InChI is InChI=1S/C10H13N/c1-8-4-10(7-11-6-8)5-9-2-3-9/h4,6-7,9H,2-3,5H2,1H3. The largest absolute Gasteiger partial charge is 0.264 e. The minimum absolute atomic E-state index is 0.971. The van der Waals surface area contributed by atoms with Crippen LogP contribution in [-0.4, -0.2) is 4.98 Å². The Morgan fingerprint density at radius 3 is 2.91 bits per heavy atom. The Balaban J connectivity index is 2.10. The Morgan fingerprint density at radius 1 is 1.45 bits per heavy atom. The Labute approximate surface area is 67.5 Å². The second-order valence-corrected chi connectivity index (χ2v) is 3.52. The van der Waals surface area contributed by atoms with Gasteiger partial charge in [-0.05, 0) is 43.2 Å². The molecule has 1 nitrogen and oxygen atoms in total. The maximum absolute atomic E-state index is 4.17. The van der Waals surface area contributed by atoms with Crippen LogP contribution in [0.2, 0.25) is 0 Å². The number of hydrogen-bond donors (Lipinski definition) is 0. The molecule has 1 fully saturated rings. The minimum atomic E-state index is 0.971. The van der Waals surface area contributed by atoms with E-state index in [-0.39, 0.29) is 0 Å². The van der Waals surface area contributed by atoms with Gasteiger partial charge in [-0.15, -0.1) is 0 Å². The van der Waals surface area contributed by atoms with Crippen LogP contribution in [0.1, 0.15) is 24.0 Å². The molecule has 1 aromatic heterocycles. The molecule has 1 heteroatoms. The Hall–Kier alpha value is -0.850. The highest BCUT2D eigenvalue weighted by Crippen LogP contribution is 2.32. The van der Waals surface area contributed by atoms with Crippen LogP contribution in [-0.2, 0) is 6.42 Å². The number of nitrogens with zero attached hydrogens (tertiary/aromatic N) is 1. The van der Waals surface area contributed by atoms with E-state index in [0.717, 1.165) is 5.92 Å². The van der Waals surface area contributed by atoms with Crippen LogP contribution >= 0.6 is 0 Å². The van der Waals surface area contributed by atoms with Crippen LogP contribution in [0.3, 0.4) is 0 Å². The van der Waals surface area contributed by atoms with Crippen molar-refractivity contribution in [2.75, 3.05) is 0 Å². The fraction of sp³-hybridized carbons (Fsp3) is 0.500. The van der Waals surface area contributed by atoms with Crippen molar-refractivity contribution in [1.29, 1.82) is 0 Å². The first-order valence-electron chi connectivity index (χ1n) is 4.25. The van der Waals surface area contributed by atoms with Gasteiger partial charge in [0.05, 0.1) is 0 Å². The monoisotopic (exact) mass is 147 g/mol. The molecular weight excluding hydrogens is 134 g/mol. The Bertz CT molecular complexity index is 251. The number of rotatable bonds is 2. The van der Waals surface area contributed by atoms with Crippen LogP contribution in [0.5, 0.6) is 0 Å². The second kappa shape index (κ2) is 2.65. The third-order valence-electron chi connectivity index (χ3n) is 2.15. The first kappa shape index (κ1) is 6.84. The molecule has 0 unspecified atom stereocenters. The summed E-state index contributed by atoms with van der Waals surface area (Å²) >= 11 is 0. The first-order chi connectivity index (χ1) is 5.34. The van der Waals surface area contributed by atoms with Crippen LogP contribution in [0.15, 0.2) is 18.5 Å². The average Bonchev–Trinajstić information content (AvgIpc) is 2.71. The molecule has 1 saturated carbocycles. The van der Waals surface area contributed by atoms with Crippen molar-refractivity contribution in [3.8, 4) is 0 Å². The third kappa shape index (κ3) is 1.79. The number of pyridine rings is 1. The quantitative estimate of drug-likeness (QED) is 0.625. The van der Waals surface area contributed by atoms with Crippen molar-refractivity contribution >= 4 is 0 Å². The Morgan fingerprint density at radius 2 is 2.27 bits per heavy atom. The van der Waals surface area contributed by atoms with Gasteiger partial charge < -0.3 is 0 Å². The highest BCUT2D eigenvalue weighted by Gasteiger charge is 2.21. The van der Waals surface area contributed by atoms with E-state index in [9.17, 15) is 0 Å². The van der Waals surface area contributed by atoms with Crippen LogP contribution in [0.4, 0.5) is 0 Å². The van der Waals surface area contributed by atoms with Gasteiger partial charge in [-0.25, -0.2) is 0 Å². The molecule has 11 heavy (non-hydrogen) atoms. The lowest BCUT2D eigenvalue weighted by Crippen LogP contribution is -1.88. The number of aryl methyl sites for hydroxylation is 1. The molecule has 0 atom stereocenters. The predicted molar refractivity (Wildman–Crippen MR) is 45.4 cm³/mol. The van der Waals surface area contributed by atoms with Crippen molar-refractivity contribution in [2.24, 2.45) is 5.92 Å². The maximum atomic E-state index is 4.17. The summed E-state index contributed by atoms with van der Waals surface area (Å²) < 4.78 is 0. The van der Waals surface area contributed by atoms with Crippen molar-refractivity contribution in [3.05, 3.63) is 29.6 Å². The fourth-order valence-corrected chi connectivity index (χ4v) is 1.38. The van der Waals surface area contributed by atoms with Gasteiger partial charge in [0.15, 0.2) is 0 Å². The SMILES string of the molecule is Cc1cncc(CC2CC2)c1. The van der Waals surface area contributed by atoms with Crippen molar-refractivity contribution in [3.63, 3.8) is 0 Å². The molecule has 0 N–H and O–H groups in total. The lowest BCUT2D eigenvalue weighted by atomic mass is 10.1. The molecule has 1 aromatic rings. The molecule has 0 bridgehead atoms. The molecule has 1 aliphatic rings. The number of hydrogen-bond acceptors (Lipinski definition) is 1. The van der Waals surface area contributed by atoms with Gasteiger partial charge in [0, 0.05) is 12.4 Å². The summed E-state index contributed by atoms with van der Waals surface area (Å²) in [6, 6.07) is 2.24. The molecule has 0 radical (unpaired) electrons. The van der Waals surface area contributed by atoms with Crippen LogP contribution in [0.25, 0.3) is 0 Å². The van der Waals surface area contributed by atoms with E-state index in [1.807, 2.05) is 12.4 Å². The molecular formula is C10H13N. The van der Waals surface area contributed by atoms with Crippen molar-refractivity contribution < 1.29 is 0 Å². The molecule has 0 spiro atoms. The summed E-state index contributed by atoms with van der Waals surface area (Å²) in [5.74, 6) is 0.971. The van der Waals surface area contributed by atoms with E-state index in [1.54, 1.807) is 0 Å². The second-order valence-electron chi connectivity index (χ2n) is 3.52. The topological polar surface area (TPSA) is 12.9 Å². The van der Waals surface area contributed by atoms with Gasteiger partial charge in [0.25, 0.3) is 0 Å². The molecule has 2 rings (SSSR count). The zero-order valence-electron chi connectivity index (χ0n) is 6.88. The summed E-state index contributed by atoms with van der Waals surface area (Å²) in [5, 5.41) is 0. The minimum Gasteiger partial charge on any atom is -0.264 e. The zero-order valence-corrected chi connectivity index (χ0v) is 6.88. The van der Waals surface area contributed by atoms with E-state index in [0.29, 0.717) is 0 Å². The lowest BCUT2D eigenvalue weighted by molar-refractivity contribution is 0.826. The van der Waals surface area contributed by atoms with E-state index in [1.165, 1.54) is 30.4 Å². The molecule has 1 heterocycles. The molecule has 0 amide bonds. The van der Waals surface area contributed by atoms with Gasteiger partial charge in [-0.3, -0.25) is 4.98 Å². The predicted octanol–water partition coefficient (Wildman–Crippen LogP) is 2.34. The third-order valence-corrected chi connectivity index (χ3v) is 2.15. The molecule has 1 aliphatic carbocycles. The highest BCUT2D eigenvalue weighted by atomic mass is 14.6. The average molecular weight is 147 g/mol. The lowest BCUT2D eigenvalue weighted by Gasteiger charge is -1.98. The molecule has 58 valence electrons. The van der Waals surface area contributed by atoms with Crippen LogP contribution < -0.4 is 0 Å². The smallest absolute Gasteiger partial charge is 0.0300 e. The van der Waals surface area contributed by atoms with Crippen molar-refractivity contribution in [1.82, 2.24) is 4.98 Å². The van der Waals surface area contributed by atoms with Crippen molar-refractivity contribution in [2.45, 2.75) is 26.2 Å². The van der Waals surface area contributed by atoms with E-state index in [2.05, 4.69) is 18.0 Å². The van der Waals surface area contributed by atoms with Gasteiger partial charge in [0.1, 0.15) is 0 Å². The van der Waals surface area contributed by atoms with Gasteiger partial charge in [-0.1, -0.05) is 6.07 Å². The molecule has 0 aliphatic heterocycles. The van der Waals surface area contributed by atoms with E-state index < -0.39 is 0 Å².